The molecule has 2 N–H and O–H groups in total. The summed E-state index contributed by atoms with van der Waals surface area (Å²) in [6.45, 7) is 6.36. The maximum atomic E-state index is 14.0. The highest BCUT2D eigenvalue weighted by Crippen LogP contribution is 2.26. The maximum absolute atomic E-state index is 14.0. The van der Waals surface area contributed by atoms with E-state index in [9.17, 15) is 14.0 Å². The fourth-order valence-electron chi connectivity index (χ4n) is 3.09. The second-order valence-corrected chi connectivity index (χ2v) is 8.28. The van der Waals surface area contributed by atoms with Gasteiger partial charge in [0.25, 0.3) is 5.91 Å². The number of thioether (sulfide) groups is 1. The first-order valence-corrected chi connectivity index (χ1v) is 11.2. The molecule has 168 valence electrons. The van der Waals surface area contributed by atoms with Crippen LogP contribution in [0.1, 0.15) is 43.0 Å². The number of aromatic nitrogens is 4. The summed E-state index contributed by atoms with van der Waals surface area (Å²) in [7, 11) is 0. The lowest BCUT2D eigenvalue weighted by Crippen LogP contribution is -2.34. The standard InChI is InChI=1S/C22H25FN6O2S/c1-4-29-20(19(14(2)3)26-21(31)16-9-5-6-10-17(16)23)27-28-22(29)32-13-18(30)25-15-8-7-11-24-12-15/h5-12,14,19H,4,13H2,1-3H3,(H,25,30)(H,26,31)/t19-/m1/s1. The van der Waals surface area contributed by atoms with E-state index in [1.807, 2.05) is 25.3 Å². The van der Waals surface area contributed by atoms with E-state index in [2.05, 4.69) is 25.8 Å². The molecule has 2 amide bonds. The van der Waals surface area contributed by atoms with E-state index in [0.717, 1.165) is 0 Å². The molecule has 0 unspecified atom stereocenters. The van der Waals surface area contributed by atoms with Crippen LogP contribution in [0.15, 0.2) is 53.9 Å². The van der Waals surface area contributed by atoms with E-state index in [1.54, 1.807) is 30.6 Å². The molecular formula is C22H25FN6O2S. The third-order valence-corrected chi connectivity index (χ3v) is 5.66. The molecular weight excluding hydrogens is 431 g/mol. The van der Waals surface area contributed by atoms with Gasteiger partial charge in [-0.3, -0.25) is 14.6 Å². The molecule has 0 saturated heterocycles. The van der Waals surface area contributed by atoms with Gasteiger partial charge >= 0.3 is 0 Å². The van der Waals surface area contributed by atoms with Crippen LogP contribution in [0.25, 0.3) is 0 Å². The van der Waals surface area contributed by atoms with Crippen LogP contribution in [0.4, 0.5) is 10.1 Å². The molecule has 0 aliphatic heterocycles. The second-order valence-electron chi connectivity index (χ2n) is 7.34. The van der Waals surface area contributed by atoms with Crippen molar-refractivity contribution in [3.8, 4) is 0 Å². The molecule has 32 heavy (non-hydrogen) atoms. The van der Waals surface area contributed by atoms with Gasteiger partial charge in [-0.15, -0.1) is 10.2 Å². The number of anilines is 1. The van der Waals surface area contributed by atoms with Gasteiger partial charge in [0.05, 0.1) is 29.2 Å². The Hall–Kier alpha value is -3.27. The summed E-state index contributed by atoms with van der Waals surface area (Å²) in [5.74, 6) is -0.614. The predicted molar refractivity (Wildman–Crippen MR) is 121 cm³/mol. The molecule has 10 heteroatoms. The summed E-state index contributed by atoms with van der Waals surface area (Å²) < 4.78 is 15.9. The molecule has 0 saturated carbocycles. The van der Waals surface area contributed by atoms with Crippen LogP contribution in [-0.4, -0.2) is 37.3 Å². The topological polar surface area (TPSA) is 102 Å². The van der Waals surface area contributed by atoms with Gasteiger partial charge in [0.1, 0.15) is 5.82 Å². The average Bonchev–Trinajstić information content (AvgIpc) is 3.19. The Bertz CT molecular complexity index is 1070. The van der Waals surface area contributed by atoms with Gasteiger partial charge in [0.15, 0.2) is 11.0 Å². The Morgan fingerprint density at radius 2 is 1.94 bits per heavy atom. The predicted octanol–water partition coefficient (Wildman–Crippen LogP) is 3.69. The molecule has 0 spiro atoms. The van der Waals surface area contributed by atoms with E-state index < -0.39 is 17.8 Å². The minimum Gasteiger partial charge on any atom is -0.342 e. The van der Waals surface area contributed by atoms with Gasteiger partial charge in [0.2, 0.25) is 5.91 Å². The van der Waals surface area contributed by atoms with Crippen LogP contribution in [0.2, 0.25) is 0 Å². The number of nitrogens with zero attached hydrogens (tertiary/aromatic N) is 4. The first-order valence-electron chi connectivity index (χ1n) is 10.2. The first-order chi connectivity index (χ1) is 15.4. The van der Waals surface area contributed by atoms with Crippen LogP contribution in [0, 0.1) is 11.7 Å². The molecule has 0 bridgehead atoms. The van der Waals surface area contributed by atoms with Crippen LogP contribution in [0.3, 0.4) is 0 Å². The van der Waals surface area contributed by atoms with Gasteiger partial charge in [-0.2, -0.15) is 0 Å². The zero-order chi connectivity index (χ0) is 23.1. The minimum absolute atomic E-state index is 0.0213. The van der Waals surface area contributed by atoms with Crippen LogP contribution in [0.5, 0.6) is 0 Å². The van der Waals surface area contributed by atoms with Gasteiger partial charge in [0, 0.05) is 12.7 Å². The fourth-order valence-corrected chi connectivity index (χ4v) is 3.90. The van der Waals surface area contributed by atoms with E-state index in [1.165, 1.54) is 30.0 Å². The molecule has 2 aromatic heterocycles. The summed E-state index contributed by atoms with van der Waals surface area (Å²) >= 11 is 1.25. The van der Waals surface area contributed by atoms with Crippen molar-refractivity contribution in [3.63, 3.8) is 0 Å². The molecule has 0 aliphatic rings. The molecule has 0 aliphatic carbocycles. The molecule has 0 fully saturated rings. The lowest BCUT2D eigenvalue weighted by atomic mass is 10.0. The second kappa shape index (κ2) is 10.9. The molecule has 0 radical (unpaired) electrons. The molecule has 3 rings (SSSR count). The Morgan fingerprint density at radius 3 is 2.59 bits per heavy atom. The van der Waals surface area contributed by atoms with Crippen molar-refractivity contribution in [1.29, 1.82) is 0 Å². The fraction of sp³-hybridized carbons (Fsp3) is 0.318. The van der Waals surface area contributed by atoms with Crippen molar-refractivity contribution < 1.29 is 14.0 Å². The number of hydrogen-bond donors (Lipinski definition) is 2. The maximum Gasteiger partial charge on any atom is 0.254 e. The number of benzene rings is 1. The summed E-state index contributed by atoms with van der Waals surface area (Å²) in [6, 6.07) is 8.86. The summed E-state index contributed by atoms with van der Waals surface area (Å²) in [4.78, 5) is 28.9. The van der Waals surface area contributed by atoms with Gasteiger partial charge in [-0.05, 0) is 37.1 Å². The average molecular weight is 457 g/mol. The number of pyridine rings is 1. The zero-order valence-electron chi connectivity index (χ0n) is 18.1. The summed E-state index contributed by atoms with van der Waals surface area (Å²) in [5.41, 5.74) is 0.592. The quantitative estimate of drug-likeness (QED) is 0.476. The molecule has 1 aromatic carbocycles. The Kier molecular flexibility index (Phi) is 7.93. The number of halogens is 1. The normalized spacial score (nSPS) is 11.9. The van der Waals surface area contributed by atoms with E-state index >= 15 is 0 Å². The minimum atomic E-state index is -0.583. The first kappa shape index (κ1) is 23.4. The van der Waals surface area contributed by atoms with Gasteiger partial charge in [-0.25, -0.2) is 4.39 Å². The highest BCUT2D eigenvalue weighted by atomic mass is 32.2. The smallest absolute Gasteiger partial charge is 0.254 e. The molecule has 2 heterocycles. The van der Waals surface area contributed by atoms with E-state index in [-0.39, 0.29) is 23.1 Å². The van der Waals surface area contributed by atoms with E-state index in [4.69, 9.17) is 0 Å². The zero-order valence-corrected chi connectivity index (χ0v) is 18.9. The third-order valence-electron chi connectivity index (χ3n) is 4.69. The van der Waals surface area contributed by atoms with Crippen molar-refractivity contribution in [2.45, 2.75) is 38.5 Å². The van der Waals surface area contributed by atoms with Crippen LogP contribution in [-0.2, 0) is 11.3 Å². The van der Waals surface area contributed by atoms with Crippen molar-refractivity contribution in [2.75, 3.05) is 11.1 Å². The summed E-state index contributed by atoms with van der Waals surface area (Å²) in [6.07, 6.45) is 3.20. The molecule has 1 atom stereocenters. The van der Waals surface area contributed by atoms with Crippen molar-refractivity contribution >= 4 is 29.3 Å². The highest BCUT2D eigenvalue weighted by molar-refractivity contribution is 7.99. The summed E-state index contributed by atoms with van der Waals surface area (Å²) in [5, 5.41) is 14.7. The van der Waals surface area contributed by atoms with Crippen molar-refractivity contribution in [3.05, 3.63) is 66.0 Å². The number of amides is 2. The van der Waals surface area contributed by atoms with Gasteiger partial charge in [-0.1, -0.05) is 37.7 Å². The Labute approximate surface area is 190 Å². The lowest BCUT2D eigenvalue weighted by molar-refractivity contribution is -0.113. The molecule has 8 nitrogen and oxygen atoms in total. The largest absolute Gasteiger partial charge is 0.342 e. The lowest BCUT2D eigenvalue weighted by Gasteiger charge is -2.22. The number of hydrogen-bond acceptors (Lipinski definition) is 6. The Balaban J connectivity index is 1.73. The Morgan fingerprint density at radius 1 is 1.16 bits per heavy atom. The van der Waals surface area contributed by atoms with Gasteiger partial charge < -0.3 is 15.2 Å². The SMILES string of the molecule is CCn1c(SCC(=O)Nc2cccnc2)nnc1[C@H](NC(=O)c1ccccc1F)C(C)C. The number of carbonyl (C=O) groups is 2. The van der Waals surface area contributed by atoms with Crippen LogP contribution >= 0.6 is 11.8 Å². The van der Waals surface area contributed by atoms with E-state index in [0.29, 0.717) is 23.2 Å². The number of carbonyl (C=O) groups excluding carboxylic acids is 2. The third kappa shape index (κ3) is 5.70. The highest BCUT2D eigenvalue weighted by Gasteiger charge is 2.27. The monoisotopic (exact) mass is 456 g/mol. The number of nitrogens with one attached hydrogen (secondary N) is 2. The molecule has 3 aromatic rings. The van der Waals surface area contributed by atoms with Crippen molar-refractivity contribution in [2.24, 2.45) is 5.92 Å². The van der Waals surface area contributed by atoms with Crippen molar-refractivity contribution in [1.82, 2.24) is 25.1 Å². The number of rotatable bonds is 9. The van der Waals surface area contributed by atoms with Crippen LogP contribution < -0.4 is 10.6 Å².